The monoisotopic (exact) mass is 417 g/mol. The van der Waals surface area contributed by atoms with Crippen molar-refractivity contribution >= 4 is 18.1 Å². The Morgan fingerprint density at radius 2 is 1.87 bits per heavy atom. The number of phenols is 1. The van der Waals surface area contributed by atoms with Gasteiger partial charge in [0.05, 0.1) is 7.11 Å². The molecule has 0 aliphatic heterocycles. The number of benzene rings is 2. The average Bonchev–Trinajstić information content (AvgIpc) is 2.75. The largest absolute Gasteiger partial charge is 0.504 e. The van der Waals surface area contributed by atoms with Crippen LogP contribution in [0.1, 0.15) is 22.8 Å². The smallest absolute Gasteiger partial charge is 0.407 e. The molecule has 1 amide bonds. The highest BCUT2D eigenvalue weighted by Crippen LogP contribution is 2.36. The summed E-state index contributed by atoms with van der Waals surface area (Å²) in [6.07, 6.45) is -1.74. The molecule has 0 bridgehead atoms. The lowest BCUT2D eigenvalue weighted by Gasteiger charge is -2.21. The first kappa shape index (κ1) is 22.7. The van der Waals surface area contributed by atoms with E-state index in [2.05, 4.69) is 5.32 Å². The van der Waals surface area contributed by atoms with Crippen LogP contribution in [0.3, 0.4) is 0 Å². The van der Waals surface area contributed by atoms with Crippen LogP contribution in [0, 0.1) is 0 Å². The minimum atomic E-state index is -1.59. The van der Waals surface area contributed by atoms with E-state index in [4.69, 9.17) is 14.6 Å². The van der Waals surface area contributed by atoms with E-state index in [0.29, 0.717) is 5.56 Å². The van der Waals surface area contributed by atoms with Crippen molar-refractivity contribution in [1.29, 1.82) is 0 Å². The highest BCUT2D eigenvalue weighted by molar-refractivity contribution is 5.85. The lowest BCUT2D eigenvalue weighted by atomic mass is 9.99. The molecule has 2 aromatic carbocycles. The van der Waals surface area contributed by atoms with Gasteiger partial charge < -0.3 is 35.2 Å². The predicted molar refractivity (Wildman–Crippen MR) is 107 cm³/mol. The zero-order chi connectivity index (χ0) is 22.1. The Balaban J connectivity index is 2.02. The summed E-state index contributed by atoms with van der Waals surface area (Å²) in [6, 6.07) is 11.7. The van der Waals surface area contributed by atoms with Crippen molar-refractivity contribution in [3.8, 4) is 11.5 Å². The van der Waals surface area contributed by atoms with Crippen LogP contribution >= 0.6 is 0 Å². The number of methoxy groups -OCH3 is 1. The summed E-state index contributed by atoms with van der Waals surface area (Å²) >= 11 is 0. The number of aliphatic carboxylic acids is 1. The number of amides is 1. The zero-order valence-electron chi connectivity index (χ0n) is 16.2. The summed E-state index contributed by atoms with van der Waals surface area (Å²) in [6.45, 7) is -0.312. The van der Waals surface area contributed by atoms with Gasteiger partial charge in [0, 0.05) is 18.2 Å². The summed E-state index contributed by atoms with van der Waals surface area (Å²) in [5.74, 6) is -1.61. The van der Waals surface area contributed by atoms with Gasteiger partial charge in [0.15, 0.2) is 11.5 Å². The van der Waals surface area contributed by atoms with Crippen LogP contribution < -0.4 is 10.1 Å². The van der Waals surface area contributed by atoms with Crippen molar-refractivity contribution in [3.05, 3.63) is 65.2 Å². The Morgan fingerprint density at radius 3 is 2.50 bits per heavy atom. The second-order valence-electron chi connectivity index (χ2n) is 6.29. The maximum Gasteiger partial charge on any atom is 0.407 e. The molecule has 0 fully saturated rings. The van der Waals surface area contributed by atoms with E-state index in [1.807, 2.05) is 6.07 Å². The third kappa shape index (κ3) is 6.50. The van der Waals surface area contributed by atoms with E-state index >= 15 is 0 Å². The van der Waals surface area contributed by atoms with E-state index < -0.39 is 30.0 Å². The van der Waals surface area contributed by atoms with Gasteiger partial charge in [-0.05, 0) is 29.3 Å². The van der Waals surface area contributed by atoms with Gasteiger partial charge in [-0.15, -0.1) is 0 Å². The van der Waals surface area contributed by atoms with Crippen molar-refractivity contribution in [2.24, 2.45) is 0 Å². The molecular weight excluding hydrogens is 394 g/mol. The fourth-order valence-electron chi connectivity index (χ4n) is 2.58. The maximum absolute atomic E-state index is 11.8. The standard InChI is InChI=1S/C21H23NO8/c1-29-17-10-14(7-8-18(24)25)9-15(20(17)27)19(26)16(23)11-22-21(28)30-12-13-5-3-2-4-6-13/h2-10,16,19,23,26-27H,11-12H2,1H3,(H,22,28)(H,24,25). The van der Waals surface area contributed by atoms with Crippen LogP contribution in [0.4, 0.5) is 4.79 Å². The zero-order valence-corrected chi connectivity index (χ0v) is 16.2. The topological polar surface area (TPSA) is 146 Å². The number of carboxylic acid groups (broad SMARTS) is 1. The number of hydrogen-bond acceptors (Lipinski definition) is 7. The molecule has 2 unspecified atom stereocenters. The number of carbonyl (C=O) groups excluding carboxylic acids is 1. The molecule has 2 aromatic rings. The lowest BCUT2D eigenvalue weighted by Crippen LogP contribution is -2.35. The summed E-state index contributed by atoms with van der Waals surface area (Å²) in [7, 11) is 1.29. The fourth-order valence-corrected chi connectivity index (χ4v) is 2.58. The fraction of sp³-hybridized carbons (Fsp3) is 0.238. The van der Waals surface area contributed by atoms with E-state index in [-0.39, 0.29) is 24.5 Å². The van der Waals surface area contributed by atoms with Crippen molar-refractivity contribution in [3.63, 3.8) is 0 Å². The normalized spacial score (nSPS) is 12.9. The third-order valence-electron chi connectivity index (χ3n) is 4.12. The summed E-state index contributed by atoms with van der Waals surface area (Å²) in [5.41, 5.74) is 1.02. The summed E-state index contributed by atoms with van der Waals surface area (Å²) < 4.78 is 10.0. The molecule has 2 rings (SSSR count). The molecule has 30 heavy (non-hydrogen) atoms. The van der Waals surface area contributed by atoms with Crippen LogP contribution in [0.25, 0.3) is 6.08 Å². The molecular formula is C21H23NO8. The van der Waals surface area contributed by atoms with Crippen LogP contribution in [-0.4, -0.2) is 52.2 Å². The first-order chi connectivity index (χ1) is 14.3. The average molecular weight is 417 g/mol. The Kier molecular flexibility index (Phi) is 8.21. The molecule has 160 valence electrons. The number of aliphatic hydroxyl groups is 2. The van der Waals surface area contributed by atoms with Crippen LogP contribution in [0.15, 0.2) is 48.5 Å². The van der Waals surface area contributed by atoms with Gasteiger partial charge in [-0.2, -0.15) is 0 Å². The Labute approximate surface area is 172 Å². The third-order valence-corrected chi connectivity index (χ3v) is 4.12. The molecule has 0 aromatic heterocycles. The summed E-state index contributed by atoms with van der Waals surface area (Å²) in [5, 5.41) is 42.0. The molecule has 2 atom stereocenters. The number of aliphatic hydroxyl groups excluding tert-OH is 2. The van der Waals surface area contributed by atoms with Crippen molar-refractivity contribution in [2.75, 3.05) is 13.7 Å². The number of hydrogen-bond donors (Lipinski definition) is 5. The Morgan fingerprint density at radius 1 is 1.17 bits per heavy atom. The second kappa shape index (κ2) is 10.8. The minimum absolute atomic E-state index is 0.0148. The molecule has 0 aliphatic rings. The molecule has 0 spiro atoms. The first-order valence-electron chi connectivity index (χ1n) is 8.94. The van der Waals surface area contributed by atoms with E-state index in [1.54, 1.807) is 24.3 Å². The van der Waals surface area contributed by atoms with Gasteiger partial charge in [0.25, 0.3) is 0 Å². The maximum atomic E-state index is 11.8. The van der Waals surface area contributed by atoms with Crippen molar-refractivity contribution in [2.45, 2.75) is 18.8 Å². The molecule has 0 saturated carbocycles. The van der Waals surface area contributed by atoms with Crippen molar-refractivity contribution < 1.29 is 39.5 Å². The number of carbonyl (C=O) groups is 2. The number of phenolic OH excluding ortho intramolecular Hbond substituents is 1. The minimum Gasteiger partial charge on any atom is -0.504 e. The summed E-state index contributed by atoms with van der Waals surface area (Å²) in [4.78, 5) is 22.5. The number of carboxylic acids is 1. The molecule has 0 saturated heterocycles. The van der Waals surface area contributed by atoms with Crippen LogP contribution in [0.2, 0.25) is 0 Å². The van der Waals surface area contributed by atoms with Gasteiger partial charge >= 0.3 is 12.1 Å². The van der Waals surface area contributed by atoms with Gasteiger partial charge in [-0.3, -0.25) is 0 Å². The van der Waals surface area contributed by atoms with Gasteiger partial charge in [0.2, 0.25) is 0 Å². The molecule has 9 heteroatoms. The lowest BCUT2D eigenvalue weighted by molar-refractivity contribution is -0.131. The number of nitrogens with one attached hydrogen (secondary N) is 1. The molecule has 0 radical (unpaired) electrons. The quantitative estimate of drug-likeness (QED) is 0.389. The molecule has 0 heterocycles. The molecule has 9 nitrogen and oxygen atoms in total. The number of alkyl carbamates (subject to hydrolysis) is 1. The number of rotatable bonds is 9. The first-order valence-corrected chi connectivity index (χ1v) is 8.94. The highest BCUT2D eigenvalue weighted by atomic mass is 16.5. The van der Waals surface area contributed by atoms with E-state index in [9.17, 15) is 24.9 Å². The van der Waals surface area contributed by atoms with E-state index in [0.717, 1.165) is 11.6 Å². The second-order valence-corrected chi connectivity index (χ2v) is 6.29. The Bertz CT molecular complexity index is 897. The molecule has 0 aliphatic carbocycles. The van der Waals surface area contributed by atoms with E-state index in [1.165, 1.54) is 25.3 Å². The highest BCUT2D eigenvalue weighted by Gasteiger charge is 2.24. The van der Waals surface area contributed by atoms with Gasteiger partial charge in [0.1, 0.15) is 18.8 Å². The van der Waals surface area contributed by atoms with Crippen LogP contribution in [-0.2, 0) is 16.1 Å². The van der Waals surface area contributed by atoms with Gasteiger partial charge in [-0.25, -0.2) is 9.59 Å². The predicted octanol–water partition coefficient (Wildman–Crippen LogP) is 1.82. The number of ether oxygens (including phenoxy) is 2. The number of aromatic hydroxyl groups is 1. The Hall–Kier alpha value is -3.56. The van der Waals surface area contributed by atoms with Crippen molar-refractivity contribution in [1.82, 2.24) is 5.32 Å². The molecule has 5 N–H and O–H groups in total. The van der Waals surface area contributed by atoms with Gasteiger partial charge in [-0.1, -0.05) is 30.3 Å². The SMILES string of the molecule is COc1cc(C=CC(=O)O)cc(C(O)C(O)CNC(=O)OCc2ccccc2)c1O. The van der Waals surface area contributed by atoms with Crippen LogP contribution in [0.5, 0.6) is 11.5 Å².